The number of fused-ring (bicyclic) bond motifs is 1. The van der Waals surface area contributed by atoms with E-state index in [1.807, 2.05) is 30.1 Å². The van der Waals surface area contributed by atoms with Crippen molar-refractivity contribution in [1.82, 2.24) is 44.5 Å². The molecule has 6 rings (SSSR count). The number of nitrogens with one attached hydrogen (secondary N) is 1. The van der Waals surface area contributed by atoms with Crippen LogP contribution in [0.4, 0.5) is 13.2 Å². The average Bonchev–Trinajstić information content (AvgIpc) is 3.69. The summed E-state index contributed by atoms with van der Waals surface area (Å²) in [5.41, 5.74) is 2.13. The van der Waals surface area contributed by atoms with E-state index in [2.05, 4.69) is 41.0 Å². The fraction of sp³-hybridized carbons (Fsp3) is 0.533. The largest absolute Gasteiger partial charge is 0.474 e. The predicted octanol–water partition coefficient (Wildman–Crippen LogP) is 3.76. The van der Waals surface area contributed by atoms with Crippen LogP contribution in [0.1, 0.15) is 50.5 Å². The van der Waals surface area contributed by atoms with E-state index in [-0.39, 0.29) is 36.9 Å². The van der Waals surface area contributed by atoms with Gasteiger partial charge in [-0.2, -0.15) is 28.5 Å². The van der Waals surface area contributed by atoms with Crippen molar-refractivity contribution in [3.05, 3.63) is 48.6 Å². The summed E-state index contributed by atoms with van der Waals surface area (Å²) in [6.07, 6.45) is 5.37. The molecule has 1 aliphatic heterocycles. The fourth-order valence-electron chi connectivity index (χ4n) is 6.42. The second kappa shape index (κ2) is 12.7. The molecule has 0 bridgehead atoms. The summed E-state index contributed by atoms with van der Waals surface area (Å²) in [6, 6.07) is 6.01. The number of aromatic nitrogens is 7. The summed E-state index contributed by atoms with van der Waals surface area (Å²) >= 11 is 0. The van der Waals surface area contributed by atoms with Gasteiger partial charge >= 0.3 is 6.18 Å². The first-order chi connectivity index (χ1) is 21.7. The third kappa shape index (κ3) is 6.49. The minimum Gasteiger partial charge on any atom is -0.474 e. The van der Waals surface area contributed by atoms with Gasteiger partial charge in [0, 0.05) is 61.6 Å². The van der Waals surface area contributed by atoms with E-state index >= 15 is 0 Å². The maximum absolute atomic E-state index is 13.6. The van der Waals surface area contributed by atoms with Crippen LogP contribution in [-0.2, 0) is 18.3 Å². The second-order valence-corrected chi connectivity index (χ2v) is 11.8. The van der Waals surface area contributed by atoms with Crippen molar-refractivity contribution in [3.63, 3.8) is 0 Å². The van der Waals surface area contributed by atoms with Crippen molar-refractivity contribution < 1.29 is 23.0 Å². The summed E-state index contributed by atoms with van der Waals surface area (Å²) in [4.78, 5) is 23.4. The molecule has 4 aromatic rings. The summed E-state index contributed by atoms with van der Waals surface area (Å²) in [6.45, 7) is 4.15. The van der Waals surface area contributed by atoms with Gasteiger partial charge in [-0.15, -0.1) is 0 Å². The Kier molecular flexibility index (Phi) is 8.71. The molecule has 2 N–H and O–H groups in total. The van der Waals surface area contributed by atoms with E-state index in [1.165, 1.54) is 12.4 Å². The summed E-state index contributed by atoms with van der Waals surface area (Å²) in [5.74, 6) is -1.31. The third-order valence-electron chi connectivity index (χ3n) is 8.80. The van der Waals surface area contributed by atoms with Gasteiger partial charge in [-0.25, -0.2) is 15.0 Å². The quantitative estimate of drug-likeness (QED) is 0.253. The molecule has 5 heterocycles. The number of nitrogens with zero attached hydrogens (tertiary/aromatic N) is 9. The first-order valence-electron chi connectivity index (χ1n) is 15.1. The van der Waals surface area contributed by atoms with Gasteiger partial charge in [-0.05, 0) is 38.3 Å². The number of likely N-dealkylation sites (N-methyl/N-ethyl adjacent to an activating group) is 1. The number of rotatable bonds is 11. The number of ether oxygens (including phenoxy) is 1. The van der Waals surface area contributed by atoms with Crippen LogP contribution in [0.15, 0.2) is 37.1 Å². The molecule has 0 spiro atoms. The van der Waals surface area contributed by atoms with Crippen molar-refractivity contribution in [2.75, 3.05) is 32.8 Å². The van der Waals surface area contributed by atoms with Crippen LogP contribution in [0.5, 0.6) is 5.88 Å². The monoisotopic (exact) mass is 624 g/mol. The van der Waals surface area contributed by atoms with Gasteiger partial charge in [-0.3, -0.25) is 14.5 Å². The minimum atomic E-state index is -4.70. The number of aromatic amines is 1. The second-order valence-electron chi connectivity index (χ2n) is 11.8. The normalized spacial score (nSPS) is 20.3. The van der Waals surface area contributed by atoms with Crippen LogP contribution in [0.2, 0.25) is 0 Å². The van der Waals surface area contributed by atoms with Gasteiger partial charge in [0.2, 0.25) is 11.7 Å². The van der Waals surface area contributed by atoms with Gasteiger partial charge in [0.15, 0.2) is 0 Å². The maximum Gasteiger partial charge on any atom is 0.451 e. The lowest BCUT2D eigenvalue weighted by Gasteiger charge is -2.53. The van der Waals surface area contributed by atoms with Crippen LogP contribution in [0.25, 0.3) is 22.3 Å². The molecule has 1 aliphatic carbocycles. The first kappa shape index (κ1) is 30.9. The number of halogens is 3. The number of aliphatic hydroxyl groups is 1. The lowest BCUT2D eigenvalue weighted by Crippen LogP contribution is -2.65. The van der Waals surface area contributed by atoms with E-state index in [4.69, 9.17) is 4.74 Å². The number of hydrogen-bond donors (Lipinski definition) is 2. The Morgan fingerprint density at radius 2 is 2.00 bits per heavy atom. The number of hydrogen-bond acceptors (Lipinski definition) is 10. The van der Waals surface area contributed by atoms with Gasteiger partial charge in [0.1, 0.15) is 23.6 Å². The molecule has 2 aliphatic rings. The highest BCUT2D eigenvalue weighted by Gasteiger charge is 2.48. The van der Waals surface area contributed by atoms with Gasteiger partial charge in [0.25, 0.3) is 0 Å². The molecule has 0 radical (unpaired) electrons. The Bertz CT molecular complexity index is 1650. The zero-order valence-corrected chi connectivity index (χ0v) is 24.9. The number of aliphatic hydroxyl groups excluding tert-OH is 1. The van der Waals surface area contributed by atoms with E-state index < -0.39 is 17.5 Å². The molecular formula is C30H35F3N10O2. The van der Waals surface area contributed by atoms with Crippen LogP contribution in [-0.4, -0.2) is 94.5 Å². The minimum absolute atomic E-state index is 0.0806. The van der Waals surface area contributed by atoms with Crippen molar-refractivity contribution in [1.29, 1.82) is 5.26 Å². The van der Waals surface area contributed by atoms with Gasteiger partial charge in [-0.1, -0.05) is 6.92 Å². The summed E-state index contributed by atoms with van der Waals surface area (Å²) < 4.78 is 48.6. The Labute approximate surface area is 257 Å². The molecule has 4 aromatic heterocycles. The maximum atomic E-state index is 13.6. The number of likely N-dealkylation sites (tertiary alicyclic amines) is 1. The molecule has 0 atom stereocenters. The topological polar surface area (TPSA) is 145 Å². The highest BCUT2D eigenvalue weighted by molar-refractivity contribution is 5.90. The summed E-state index contributed by atoms with van der Waals surface area (Å²) in [5, 5.41) is 24.5. The third-order valence-corrected chi connectivity index (χ3v) is 8.80. The fourth-order valence-corrected chi connectivity index (χ4v) is 6.42. The lowest BCUT2D eigenvalue weighted by molar-refractivity contribution is -0.145. The molecule has 15 heteroatoms. The zero-order chi connectivity index (χ0) is 31.6. The molecular weight excluding hydrogens is 589 g/mol. The molecule has 0 unspecified atom stereocenters. The molecule has 1 saturated heterocycles. The lowest BCUT2D eigenvalue weighted by atomic mass is 9.82. The number of nitriles is 1. The number of alkyl halides is 3. The highest BCUT2D eigenvalue weighted by atomic mass is 19.4. The number of H-pyrrole nitrogens is 1. The molecule has 1 saturated carbocycles. The van der Waals surface area contributed by atoms with E-state index in [9.17, 15) is 23.5 Å². The zero-order valence-electron chi connectivity index (χ0n) is 24.9. The van der Waals surface area contributed by atoms with Crippen LogP contribution in [0, 0.1) is 11.3 Å². The van der Waals surface area contributed by atoms with E-state index in [1.54, 1.807) is 11.1 Å². The average molecular weight is 625 g/mol. The summed E-state index contributed by atoms with van der Waals surface area (Å²) in [7, 11) is 0. The van der Waals surface area contributed by atoms with Crippen LogP contribution >= 0.6 is 0 Å². The van der Waals surface area contributed by atoms with Gasteiger partial charge in [0.05, 0.1) is 36.7 Å². The molecule has 238 valence electrons. The smallest absolute Gasteiger partial charge is 0.451 e. The predicted molar refractivity (Wildman–Crippen MR) is 157 cm³/mol. The standard InChI is InChI=1S/C30H35F3N10O2/c1-2-41(11-12-44)16-21-13-25(40-28(39-21)30(31,32)33)45-23-5-3-22(4-6-23)42-17-29(18-42,8-9-34)43-15-20(14-38-43)26-24-7-10-35-27(24)37-19-36-26/h7,10,13-15,19,22-23,44H,2-6,8,11-12,16-18H2,1H3,(H,35,36,37). The van der Waals surface area contributed by atoms with Crippen molar-refractivity contribution in [3.8, 4) is 23.2 Å². The molecule has 0 amide bonds. The SMILES string of the molecule is CCN(CCO)Cc1cc(OC2CCC(N3CC(CC#N)(n4cc(-c5ncnc6[nH]ccc56)cn4)C3)CC2)nc(C(F)(F)F)n1. The van der Waals surface area contributed by atoms with Crippen LogP contribution in [0.3, 0.4) is 0 Å². The van der Waals surface area contributed by atoms with Crippen molar-refractivity contribution in [2.45, 2.75) is 69.4 Å². The Morgan fingerprint density at radius 3 is 2.71 bits per heavy atom. The van der Waals surface area contributed by atoms with E-state index in [0.29, 0.717) is 45.4 Å². The Hall–Kier alpha value is -4.13. The highest BCUT2D eigenvalue weighted by Crippen LogP contribution is 2.39. The van der Waals surface area contributed by atoms with E-state index in [0.717, 1.165) is 35.1 Å². The Balaban J connectivity index is 1.08. The molecule has 0 aromatic carbocycles. The van der Waals surface area contributed by atoms with Crippen molar-refractivity contribution >= 4 is 11.0 Å². The molecule has 12 nitrogen and oxygen atoms in total. The van der Waals surface area contributed by atoms with Crippen LogP contribution < -0.4 is 4.74 Å². The Morgan fingerprint density at radius 1 is 1.20 bits per heavy atom. The molecule has 45 heavy (non-hydrogen) atoms. The van der Waals surface area contributed by atoms with Gasteiger partial charge < -0.3 is 14.8 Å². The molecule has 2 fully saturated rings. The first-order valence-corrected chi connectivity index (χ1v) is 15.1. The van der Waals surface area contributed by atoms with Crippen molar-refractivity contribution in [2.24, 2.45) is 0 Å².